The minimum absolute atomic E-state index is 0.0671. The van der Waals surface area contributed by atoms with Crippen LogP contribution >= 0.6 is 27.3 Å². The highest BCUT2D eigenvalue weighted by molar-refractivity contribution is 9.10. The van der Waals surface area contributed by atoms with Crippen LogP contribution in [0.25, 0.3) is 0 Å². The Morgan fingerprint density at radius 2 is 2.14 bits per heavy atom. The number of hydrogen-bond donors (Lipinski definition) is 2. The van der Waals surface area contributed by atoms with Crippen LogP contribution in [0.1, 0.15) is 11.1 Å². The van der Waals surface area contributed by atoms with Crippen LogP contribution in [0.15, 0.2) is 38.3 Å². The number of sulfonamides is 1. The van der Waals surface area contributed by atoms with Gasteiger partial charge in [-0.1, -0.05) is 15.9 Å². The Labute approximate surface area is 134 Å². The predicted molar refractivity (Wildman–Crippen MR) is 83.2 cm³/mol. The van der Waals surface area contributed by atoms with Gasteiger partial charge in [0.15, 0.2) is 0 Å². The highest BCUT2D eigenvalue weighted by Gasteiger charge is 2.21. The van der Waals surface area contributed by atoms with Crippen LogP contribution < -0.4 is 4.72 Å². The van der Waals surface area contributed by atoms with Crippen LogP contribution in [0.4, 0.5) is 4.39 Å². The lowest BCUT2D eigenvalue weighted by Gasteiger charge is -2.10. The van der Waals surface area contributed by atoms with E-state index in [1.807, 2.05) is 16.8 Å². The summed E-state index contributed by atoms with van der Waals surface area (Å²) in [5.41, 5.74) is 0.955. The van der Waals surface area contributed by atoms with Crippen LogP contribution in [0.3, 0.4) is 0 Å². The van der Waals surface area contributed by atoms with Crippen molar-refractivity contribution < 1.29 is 17.9 Å². The highest BCUT2D eigenvalue weighted by Crippen LogP contribution is 2.24. The third-order valence-corrected chi connectivity index (χ3v) is 5.48. The van der Waals surface area contributed by atoms with Gasteiger partial charge >= 0.3 is 0 Å². The first kappa shape index (κ1) is 16.6. The molecule has 1 heterocycles. The third kappa shape index (κ3) is 4.10. The molecule has 21 heavy (non-hydrogen) atoms. The second-order valence-corrected chi connectivity index (χ2v) is 7.75. The number of nitrogens with one attached hydrogen (secondary N) is 1. The summed E-state index contributed by atoms with van der Waals surface area (Å²) in [6.45, 7) is -0.387. The number of rotatable bonds is 6. The standard InChI is InChI=1S/C13H13BrFNO3S2/c14-11-5-10(7-17)13(15)12(6-11)21(18,19)16-3-1-9-2-4-20-8-9/h2,4-6,8,16-17H,1,3,7H2. The van der Waals surface area contributed by atoms with Crippen molar-refractivity contribution in [3.05, 3.63) is 50.4 Å². The Morgan fingerprint density at radius 3 is 2.76 bits per heavy atom. The van der Waals surface area contributed by atoms with Gasteiger partial charge in [0.2, 0.25) is 10.0 Å². The predicted octanol–water partition coefficient (Wildman–Crippen LogP) is 2.66. The molecular formula is C13H13BrFNO3S2. The van der Waals surface area contributed by atoms with Gasteiger partial charge in [-0.25, -0.2) is 17.5 Å². The molecule has 0 saturated carbocycles. The fraction of sp³-hybridized carbons (Fsp3) is 0.231. The zero-order chi connectivity index (χ0) is 15.5. The Morgan fingerprint density at radius 1 is 1.38 bits per heavy atom. The van der Waals surface area contributed by atoms with Crippen LogP contribution in [0, 0.1) is 5.82 Å². The van der Waals surface area contributed by atoms with E-state index in [0.717, 1.165) is 5.56 Å². The van der Waals surface area contributed by atoms with Crippen molar-refractivity contribution in [2.24, 2.45) is 0 Å². The van der Waals surface area contributed by atoms with Crippen molar-refractivity contribution in [2.75, 3.05) is 6.54 Å². The van der Waals surface area contributed by atoms with Crippen LogP contribution in [0.5, 0.6) is 0 Å². The molecule has 1 aromatic heterocycles. The molecule has 114 valence electrons. The number of benzene rings is 1. The molecule has 2 rings (SSSR count). The number of aliphatic hydroxyl groups excluding tert-OH is 1. The van der Waals surface area contributed by atoms with Crippen LogP contribution in [-0.4, -0.2) is 20.1 Å². The van der Waals surface area contributed by atoms with Crippen molar-refractivity contribution in [3.8, 4) is 0 Å². The SMILES string of the molecule is O=S(=O)(NCCc1ccsc1)c1cc(Br)cc(CO)c1F. The molecule has 2 N–H and O–H groups in total. The zero-order valence-electron chi connectivity index (χ0n) is 10.8. The van der Waals surface area contributed by atoms with E-state index < -0.39 is 27.3 Å². The highest BCUT2D eigenvalue weighted by atomic mass is 79.9. The Bertz CT molecular complexity index is 717. The molecule has 0 aliphatic rings. The Kier molecular flexibility index (Phi) is 5.50. The second kappa shape index (κ2) is 6.97. The molecule has 4 nitrogen and oxygen atoms in total. The molecule has 8 heteroatoms. The van der Waals surface area contributed by atoms with E-state index in [9.17, 15) is 12.8 Å². The van der Waals surface area contributed by atoms with Crippen molar-refractivity contribution in [3.63, 3.8) is 0 Å². The third-order valence-electron chi connectivity index (χ3n) is 2.83. The minimum Gasteiger partial charge on any atom is -0.392 e. The van der Waals surface area contributed by atoms with E-state index in [-0.39, 0.29) is 12.1 Å². The summed E-state index contributed by atoms with van der Waals surface area (Å²) in [4.78, 5) is -0.466. The summed E-state index contributed by atoms with van der Waals surface area (Å²) in [6, 6.07) is 4.43. The monoisotopic (exact) mass is 393 g/mol. The second-order valence-electron chi connectivity index (χ2n) is 4.31. The van der Waals surface area contributed by atoms with Gasteiger partial charge in [-0.3, -0.25) is 0 Å². The number of aliphatic hydroxyl groups is 1. The molecule has 0 amide bonds. The summed E-state index contributed by atoms with van der Waals surface area (Å²) >= 11 is 4.64. The molecule has 2 aromatic rings. The molecular weight excluding hydrogens is 381 g/mol. The molecule has 0 atom stereocenters. The first-order valence-electron chi connectivity index (χ1n) is 6.03. The number of thiophene rings is 1. The van der Waals surface area contributed by atoms with Gasteiger partial charge < -0.3 is 5.11 Å². The maximum atomic E-state index is 14.1. The van der Waals surface area contributed by atoms with Gasteiger partial charge in [-0.05, 0) is 40.9 Å². The average Bonchev–Trinajstić information content (AvgIpc) is 2.93. The van der Waals surface area contributed by atoms with Gasteiger partial charge in [0.1, 0.15) is 10.7 Å². The van der Waals surface area contributed by atoms with Gasteiger partial charge in [0, 0.05) is 16.6 Å². The smallest absolute Gasteiger partial charge is 0.243 e. The first-order valence-corrected chi connectivity index (χ1v) is 9.25. The van der Waals surface area contributed by atoms with E-state index in [0.29, 0.717) is 10.9 Å². The fourth-order valence-electron chi connectivity index (χ4n) is 1.77. The molecule has 0 spiro atoms. The largest absolute Gasteiger partial charge is 0.392 e. The first-order chi connectivity index (χ1) is 9.94. The molecule has 0 aliphatic carbocycles. The van der Waals surface area contributed by atoms with Gasteiger partial charge in [0.25, 0.3) is 0 Å². The molecule has 0 unspecified atom stereocenters. The number of halogens is 2. The Hall–Kier alpha value is -0.800. The minimum atomic E-state index is -3.96. The topological polar surface area (TPSA) is 66.4 Å². The lowest BCUT2D eigenvalue weighted by atomic mass is 10.2. The van der Waals surface area contributed by atoms with E-state index in [4.69, 9.17) is 5.11 Å². The average molecular weight is 394 g/mol. The van der Waals surface area contributed by atoms with Crippen molar-refractivity contribution in [2.45, 2.75) is 17.9 Å². The van der Waals surface area contributed by atoms with Gasteiger partial charge in [0.05, 0.1) is 6.61 Å². The van der Waals surface area contributed by atoms with E-state index in [2.05, 4.69) is 20.7 Å². The molecule has 0 bridgehead atoms. The fourth-order valence-corrected chi connectivity index (χ4v) is 4.31. The number of hydrogen-bond acceptors (Lipinski definition) is 4. The normalized spacial score (nSPS) is 11.8. The summed E-state index contributed by atoms with van der Waals surface area (Å²) in [5, 5.41) is 12.9. The van der Waals surface area contributed by atoms with E-state index in [1.165, 1.54) is 23.5 Å². The molecule has 1 aromatic carbocycles. The maximum absolute atomic E-state index is 14.1. The lowest BCUT2D eigenvalue weighted by molar-refractivity contribution is 0.274. The molecule has 0 aliphatic heterocycles. The van der Waals surface area contributed by atoms with Crippen LogP contribution in [-0.2, 0) is 23.1 Å². The van der Waals surface area contributed by atoms with Gasteiger partial charge in [-0.2, -0.15) is 11.3 Å². The zero-order valence-corrected chi connectivity index (χ0v) is 14.1. The maximum Gasteiger partial charge on any atom is 0.243 e. The van der Waals surface area contributed by atoms with Crippen molar-refractivity contribution in [1.29, 1.82) is 0 Å². The molecule has 0 radical (unpaired) electrons. The lowest BCUT2D eigenvalue weighted by Crippen LogP contribution is -2.27. The summed E-state index contributed by atoms with van der Waals surface area (Å²) < 4.78 is 41.1. The van der Waals surface area contributed by atoms with Crippen molar-refractivity contribution >= 4 is 37.3 Å². The summed E-state index contributed by atoms with van der Waals surface area (Å²) in [7, 11) is -3.96. The Balaban J connectivity index is 2.17. The summed E-state index contributed by atoms with van der Waals surface area (Å²) in [5.74, 6) is -0.927. The summed E-state index contributed by atoms with van der Waals surface area (Å²) in [6.07, 6.45) is 0.533. The molecule has 0 fully saturated rings. The van der Waals surface area contributed by atoms with Gasteiger partial charge in [-0.15, -0.1) is 0 Å². The van der Waals surface area contributed by atoms with E-state index >= 15 is 0 Å². The van der Waals surface area contributed by atoms with E-state index in [1.54, 1.807) is 0 Å². The van der Waals surface area contributed by atoms with Crippen LogP contribution in [0.2, 0.25) is 0 Å². The molecule has 0 saturated heterocycles. The quantitative estimate of drug-likeness (QED) is 0.792. The van der Waals surface area contributed by atoms with Crippen molar-refractivity contribution in [1.82, 2.24) is 4.72 Å².